The van der Waals surface area contributed by atoms with Gasteiger partial charge in [-0.1, -0.05) is 62.4 Å². The molecule has 1 aliphatic carbocycles. The van der Waals surface area contributed by atoms with E-state index in [0.29, 0.717) is 0 Å². The largest absolute Gasteiger partial charge is 0.479 e. The summed E-state index contributed by atoms with van der Waals surface area (Å²) in [6.45, 7) is 4.82. The fraction of sp³-hybridized carbons (Fsp3) is 0.348. The topological polar surface area (TPSA) is 102 Å². The molecule has 0 bridgehead atoms. The maximum Gasteiger partial charge on any atom is 0.407 e. The maximum absolute atomic E-state index is 12.4. The number of ether oxygens (including phenoxy) is 2. The van der Waals surface area contributed by atoms with Crippen molar-refractivity contribution in [1.82, 2.24) is 5.32 Å². The van der Waals surface area contributed by atoms with Crippen molar-refractivity contribution in [3.05, 3.63) is 59.7 Å². The standard InChI is InChI=1S/C23H25NO6/c1-13(2)20(22(27)30-14(3)21(25)26)24-23(28)29-12-19-17-10-6-4-8-15(17)16-9-5-7-11-18(16)19/h4-11,13-14,19-20H,12H2,1-3H3,(H,24,28)(H,25,26)/t14?,20-/m0/s1. The molecule has 1 unspecified atom stereocenters. The minimum atomic E-state index is -1.30. The molecule has 0 fully saturated rings. The van der Waals surface area contributed by atoms with Crippen molar-refractivity contribution in [1.29, 1.82) is 0 Å². The number of aliphatic carboxylic acids is 1. The van der Waals surface area contributed by atoms with Gasteiger partial charge >= 0.3 is 18.0 Å². The van der Waals surface area contributed by atoms with Crippen LogP contribution in [-0.2, 0) is 19.1 Å². The highest BCUT2D eigenvalue weighted by atomic mass is 16.6. The summed E-state index contributed by atoms with van der Waals surface area (Å²) in [6.07, 6.45) is -2.06. The van der Waals surface area contributed by atoms with Gasteiger partial charge in [0.1, 0.15) is 12.6 Å². The first-order valence-corrected chi connectivity index (χ1v) is 9.84. The fourth-order valence-electron chi connectivity index (χ4n) is 3.56. The number of alkyl carbamates (subject to hydrolysis) is 1. The fourth-order valence-corrected chi connectivity index (χ4v) is 3.56. The Morgan fingerprint density at radius 2 is 1.50 bits per heavy atom. The highest BCUT2D eigenvalue weighted by Crippen LogP contribution is 2.44. The second-order valence-electron chi connectivity index (χ2n) is 7.61. The molecule has 0 saturated heterocycles. The van der Waals surface area contributed by atoms with Gasteiger partial charge in [-0.15, -0.1) is 0 Å². The number of carboxylic acid groups (broad SMARTS) is 1. The first-order chi connectivity index (χ1) is 14.3. The number of rotatable bonds is 7. The van der Waals surface area contributed by atoms with Crippen LogP contribution >= 0.6 is 0 Å². The quantitative estimate of drug-likeness (QED) is 0.676. The summed E-state index contributed by atoms with van der Waals surface area (Å²) >= 11 is 0. The van der Waals surface area contributed by atoms with Gasteiger partial charge in [0.2, 0.25) is 0 Å². The van der Waals surface area contributed by atoms with E-state index in [2.05, 4.69) is 5.32 Å². The van der Waals surface area contributed by atoms with E-state index in [1.165, 1.54) is 6.92 Å². The number of carbonyl (C=O) groups excluding carboxylic acids is 2. The van der Waals surface area contributed by atoms with Crippen molar-refractivity contribution < 1.29 is 29.0 Å². The highest BCUT2D eigenvalue weighted by molar-refractivity contribution is 5.84. The van der Waals surface area contributed by atoms with Gasteiger partial charge in [-0.2, -0.15) is 0 Å². The molecule has 2 aromatic rings. The molecule has 7 heteroatoms. The van der Waals surface area contributed by atoms with Crippen LogP contribution in [0.1, 0.15) is 37.8 Å². The predicted molar refractivity (Wildman–Crippen MR) is 110 cm³/mol. The van der Waals surface area contributed by atoms with E-state index in [1.807, 2.05) is 48.5 Å². The zero-order valence-corrected chi connectivity index (χ0v) is 17.1. The minimum Gasteiger partial charge on any atom is -0.479 e. The van der Waals surface area contributed by atoms with Crippen LogP contribution in [0.25, 0.3) is 11.1 Å². The molecule has 0 saturated carbocycles. The lowest BCUT2D eigenvalue weighted by atomic mass is 9.98. The number of nitrogens with one attached hydrogen (secondary N) is 1. The third kappa shape index (κ3) is 4.45. The highest BCUT2D eigenvalue weighted by Gasteiger charge is 2.31. The Morgan fingerprint density at radius 1 is 0.967 bits per heavy atom. The number of hydrogen-bond donors (Lipinski definition) is 2. The summed E-state index contributed by atoms with van der Waals surface area (Å²) < 4.78 is 10.3. The van der Waals surface area contributed by atoms with Gasteiger partial charge in [0.25, 0.3) is 0 Å². The molecule has 2 N–H and O–H groups in total. The zero-order chi connectivity index (χ0) is 21.8. The smallest absolute Gasteiger partial charge is 0.407 e. The van der Waals surface area contributed by atoms with Crippen LogP contribution in [0.2, 0.25) is 0 Å². The normalized spacial score (nSPS) is 14.4. The van der Waals surface area contributed by atoms with Crippen molar-refractivity contribution in [2.75, 3.05) is 6.61 Å². The van der Waals surface area contributed by atoms with Gasteiger partial charge < -0.3 is 19.9 Å². The summed E-state index contributed by atoms with van der Waals surface area (Å²) in [7, 11) is 0. The Labute approximate surface area is 175 Å². The van der Waals surface area contributed by atoms with Gasteiger partial charge in [0, 0.05) is 5.92 Å². The average molecular weight is 411 g/mol. The van der Waals surface area contributed by atoms with Crippen LogP contribution in [0.15, 0.2) is 48.5 Å². The van der Waals surface area contributed by atoms with Crippen LogP contribution in [0, 0.1) is 5.92 Å². The molecule has 1 aliphatic rings. The number of benzene rings is 2. The molecule has 2 atom stereocenters. The molecule has 0 aliphatic heterocycles. The van der Waals surface area contributed by atoms with E-state index < -0.39 is 30.2 Å². The van der Waals surface area contributed by atoms with Gasteiger partial charge in [-0.05, 0) is 35.1 Å². The van der Waals surface area contributed by atoms with Gasteiger partial charge in [-0.25, -0.2) is 14.4 Å². The van der Waals surface area contributed by atoms with E-state index in [9.17, 15) is 14.4 Å². The number of esters is 1. The third-order valence-corrected chi connectivity index (χ3v) is 5.18. The molecule has 7 nitrogen and oxygen atoms in total. The van der Waals surface area contributed by atoms with Crippen molar-refractivity contribution in [3.63, 3.8) is 0 Å². The van der Waals surface area contributed by atoms with Crippen LogP contribution < -0.4 is 5.32 Å². The second-order valence-corrected chi connectivity index (χ2v) is 7.61. The molecule has 0 radical (unpaired) electrons. The van der Waals surface area contributed by atoms with E-state index in [1.54, 1.807) is 13.8 Å². The minimum absolute atomic E-state index is 0.0976. The molecule has 1 amide bonds. The Balaban J connectivity index is 1.66. The zero-order valence-electron chi connectivity index (χ0n) is 17.1. The molecule has 30 heavy (non-hydrogen) atoms. The summed E-state index contributed by atoms with van der Waals surface area (Å²) in [4.78, 5) is 35.6. The monoisotopic (exact) mass is 411 g/mol. The van der Waals surface area contributed by atoms with Crippen molar-refractivity contribution in [2.45, 2.75) is 38.8 Å². The molecule has 3 rings (SSSR count). The second kappa shape index (κ2) is 8.98. The first-order valence-electron chi connectivity index (χ1n) is 9.84. The maximum atomic E-state index is 12.4. The van der Waals surface area contributed by atoms with Crippen LogP contribution in [0.5, 0.6) is 0 Å². The summed E-state index contributed by atoms with van der Waals surface area (Å²) in [5.74, 6) is -2.47. The Bertz CT molecular complexity index is 909. The van der Waals surface area contributed by atoms with E-state index in [-0.39, 0.29) is 18.4 Å². The summed E-state index contributed by atoms with van der Waals surface area (Å²) in [5.41, 5.74) is 4.41. The summed E-state index contributed by atoms with van der Waals surface area (Å²) in [6, 6.07) is 15.0. The molecule has 0 spiro atoms. The SMILES string of the molecule is CC(OC(=O)[C@@H](NC(=O)OCC1c2ccccc2-c2ccccc21)C(C)C)C(=O)O. The Morgan fingerprint density at radius 3 is 2.00 bits per heavy atom. The van der Waals surface area contributed by atoms with Gasteiger partial charge in [0.05, 0.1) is 0 Å². The van der Waals surface area contributed by atoms with Crippen LogP contribution in [0.4, 0.5) is 4.79 Å². The average Bonchev–Trinajstić information content (AvgIpc) is 3.04. The lowest BCUT2D eigenvalue weighted by Crippen LogP contribution is -2.47. The van der Waals surface area contributed by atoms with Crippen molar-refractivity contribution in [3.8, 4) is 11.1 Å². The predicted octanol–water partition coefficient (Wildman–Crippen LogP) is 3.57. The molecule has 158 valence electrons. The molecular formula is C23H25NO6. The first kappa shape index (κ1) is 21.4. The van der Waals surface area contributed by atoms with Crippen LogP contribution in [0.3, 0.4) is 0 Å². The lowest BCUT2D eigenvalue weighted by Gasteiger charge is -2.22. The van der Waals surface area contributed by atoms with E-state index in [0.717, 1.165) is 22.3 Å². The lowest BCUT2D eigenvalue weighted by molar-refractivity contribution is -0.164. The van der Waals surface area contributed by atoms with Crippen molar-refractivity contribution >= 4 is 18.0 Å². The number of carboxylic acids is 1. The Kier molecular flexibility index (Phi) is 6.40. The number of fused-ring (bicyclic) bond motifs is 3. The number of hydrogen-bond acceptors (Lipinski definition) is 5. The molecule has 2 aromatic carbocycles. The third-order valence-electron chi connectivity index (χ3n) is 5.18. The van der Waals surface area contributed by atoms with E-state index in [4.69, 9.17) is 14.6 Å². The summed E-state index contributed by atoms with van der Waals surface area (Å²) in [5, 5.41) is 11.4. The van der Waals surface area contributed by atoms with Crippen molar-refractivity contribution in [2.24, 2.45) is 5.92 Å². The number of amides is 1. The van der Waals surface area contributed by atoms with Gasteiger partial charge in [-0.3, -0.25) is 0 Å². The Hall–Kier alpha value is -3.35. The molecule has 0 aromatic heterocycles. The van der Waals surface area contributed by atoms with Crippen LogP contribution in [-0.4, -0.2) is 41.9 Å². The van der Waals surface area contributed by atoms with E-state index >= 15 is 0 Å². The van der Waals surface area contributed by atoms with Gasteiger partial charge in [0.15, 0.2) is 6.10 Å². The molecule has 0 heterocycles. The molecular weight excluding hydrogens is 386 g/mol. The number of carbonyl (C=O) groups is 3.